The molecule has 0 bridgehead atoms. The lowest BCUT2D eigenvalue weighted by Crippen LogP contribution is -2.61. The number of anilines is 1. The third kappa shape index (κ3) is 38.4. The zero-order valence-corrected chi connectivity index (χ0v) is 82.0. The Morgan fingerprint density at radius 2 is 1.07 bits per heavy atom. The van der Waals surface area contributed by atoms with E-state index in [9.17, 15) is 58.2 Å². The minimum atomic E-state index is -1.93. The van der Waals surface area contributed by atoms with E-state index in [1.54, 1.807) is 195 Å². The summed E-state index contributed by atoms with van der Waals surface area (Å²) in [6.07, 6.45) is -8.60. The second kappa shape index (κ2) is 51.6. The number of carbonyl (C=O) groups is 14. The second-order valence-corrected chi connectivity index (χ2v) is 38.1. The van der Waals surface area contributed by atoms with Crippen LogP contribution in [0.4, 0.5) is 30.7 Å². The summed E-state index contributed by atoms with van der Waals surface area (Å²) in [5.74, 6) is -8.53. The maximum Gasteiger partial charge on any atom is 0.407 e. The fraction of sp³-hybridized carbons (Fsp3) is 0.516. The van der Waals surface area contributed by atoms with Crippen LogP contribution < -0.4 is 94.0 Å². The Kier molecular flexibility index (Phi) is 41.7. The number of hydrogen-bond acceptors (Lipinski definition) is 28. The largest absolute Gasteiger partial charge is 0.493 e. The van der Waals surface area contributed by atoms with Crippen molar-refractivity contribution in [3.8, 4) is 23.0 Å². The van der Waals surface area contributed by atoms with E-state index in [4.69, 9.17) is 49.3 Å². The summed E-state index contributed by atoms with van der Waals surface area (Å²) >= 11 is 8.14. The number of fused-ring (bicyclic) bond motifs is 1. The van der Waals surface area contributed by atoms with Gasteiger partial charge in [0, 0.05) is 80.2 Å². The van der Waals surface area contributed by atoms with Gasteiger partial charge in [-0.1, -0.05) is 84.8 Å². The quantitative estimate of drug-likeness (QED) is 0.0112. The van der Waals surface area contributed by atoms with Gasteiger partial charge >= 0.3 is 24.4 Å². The van der Waals surface area contributed by atoms with Gasteiger partial charge in [-0.25, -0.2) is 24.2 Å². The Labute approximate surface area is 804 Å². The van der Waals surface area contributed by atoms with Gasteiger partial charge in [0.25, 0.3) is 5.91 Å². The molecule has 44 heteroatoms. The van der Waals surface area contributed by atoms with Crippen LogP contribution in [-0.2, 0) is 74.3 Å². The summed E-state index contributed by atoms with van der Waals surface area (Å²) in [6, 6.07) is 10.3. The van der Waals surface area contributed by atoms with Crippen molar-refractivity contribution in [1.82, 2.24) is 84.6 Å². The number of benzene rings is 4. The van der Waals surface area contributed by atoms with Crippen molar-refractivity contribution in [1.29, 1.82) is 0 Å². The van der Waals surface area contributed by atoms with Gasteiger partial charge in [0.05, 0.1) is 42.7 Å². The molecule has 0 aliphatic carbocycles. The van der Waals surface area contributed by atoms with E-state index in [2.05, 4.69) is 94.9 Å². The normalized spacial score (nSPS) is 18.5. The van der Waals surface area contributed by atoms with Gasteiger partial charge in [-0.3, -0.25) is 52.9 Å². The molecular formula is C93H129ClN18O24S. The van der Waals surface area contributed by atoms with Crippen LogP contribution in [0.1, 0.15) is 177 Å². The van der Waals surface area contributed by atoms with Gasteiger partial charge in [-0.2, -0.15) is 0 Å². The molecule has 11 atom stereocenters. The number of carbonyl (C=O) groups excluding carboxylic acids is 14. The highest BCUT2D eigenvalue weighted by Crippen LogP contribution is 2.39. The molecule has 0 saturated carbocycles. The second-order valence-electron chi connectivity index (χ2n) is 36.7. The van der Waals surface area contributed by atoms with Crippen molar-refractivity contribution in [3.05, 3.63) is 131 Å². The van der Waals surface area contributed by atoms with Crippen LogP contribution in [-0.4, -0.2) is 245 Å². The van der Waals surface area contributed by atoms with Crippen LogP contribution in [0, 0.1) is 12.8 Å². The van der Waals surface area contributed by atoms with Crippen molar-refractivity contribution in [2.75, 3.05) is 52.3 Å². The van der Waals surface area contributed by atoms with E-state index in [-0.39, 0.29) is 47.5 Å². The summed E-state index contributed by atoms with van der Waals surface area (Å²) in [7, 11) is 3.04. The van der Waals surface area contributed by atoms with E-state index < -0.39 is 231 Å². The number of nitrogens with one attached hydrogen (secondary N) is 15. The fourth-order valence-corrected chi connectivity index (χ4v) is 14.3. The number of amides is 14. The van der Waals surface area contributed by atoms with Crippen molar-refractivity contribution in [3.63, 3.8) is 0 Å². The molecule has 1 aliphatic rings. The number of alkyl carbamates (subject to hydrolysis) is 4. The van der Waals surface area contributed by atoms with Crippen molar-refractivity contribution >= 4 is 134 Å². The lowest BCUT2D eigenvalue weighted by Gasteiger charge is -2.29. The standard InChI is InChI=1S/C93H129ClN18O24S/c1-50(2)43-67-81(121)104-62(32-38-97-86(125)132-90(6,7)8)77(117)103-65(35-41-100-89(128)135-93(15,16)17)80(120)111-73(52(4)113)83(123)96-37-31-61(76(116)102-63(33-39-98-87(126)133-91(9,10)11)79(119)107-68(82(122)106-67)45-54-23-21-20-22-24-54)101-78(118)64(34-40-99-88(127)134-92(12,13)14)105-84(124)74(53(5)114)110-75(115)56-27-25-55(26-28-56)49-137-85(109-72-44-51(3)136-112-72)108-60-30-29-57(46-59(60)94)131-69-36-42-95-66-48-71(130-19)70(129-18)47-58(66)69/h20-30,36,42,44,46-48,50,52-53,61-65,67-68,73-74,113-114H,31-35,37-41,43,45,49H2,1-19H3,(H,96,123)(H,97,125)(H,98,126)(H,99,127)(H,100,128)(H,101,118)(H,102,116)(H,103,117)(H,104,121)(H,105,124)(H,106,122)(H,107,119)(H,110,115)(H,111,120)(H,108,109,112)/t52-,53-,61+,62+,63+,64+,65+,67+,68-,73+,74+/m1/s1. The smallest absolute Gasteiger partial charge is 0.407 e. The predicted molar refractivity (Wildman–Crippen MR) is 509 cm³/mol. The molecule has 14 amide bonds. The van der Waals surface area contributed by atoms with Crippen molar-refractivity contribution < 1.29 is 115 Å². The lowest BCUT2D eigenvalue weighted by molar-refractivity contribution is -0.136. The van der Waals surface area contributed by atoms with Gasteiger partial charge in [-0.15, -0.1) is 0 Å². The molecule has 42 nitrogen and oxygen atoms in total. The zero-order chi connectivity index (χ0) is 101. The molecule has 1 fully saturated rings. The number of thioether (sulfide) groups is 1. The Morgan fingerprint density at radius 3 is 1.57 bits per heavy atom. The minimum Gasteiger partial charge on any atom is -0.493 e. The molecule has 17 N–H and O–H groups in total. The van der Waals surface area contributed by atoms with Crippen LogP contribution in [0.2, 0.25) is 5.02 Å². The summed E-state index contributed by atoms with van der Waals surface area (Å²) in [4.78, 5) is 211. The number of rotatable bonds is 32. The molecule has 0 unspecified atom stereocenters. The number of pyridine rings is 1. The number of ether oxygens (including phenoxy) is 7. The number of hydrogen-bond donors (Lipinski definition) is 17. The molecule has 0 radical (unpaired) electrons. The van der Waals surface area contributed by atoms with Gasteiger partial charge in [0.1, 0.15) is 94.0 Å². The first kappa shape index (κ1) is 111. The van der Waals surface area contributed by atoms with Crippen molar-refractivity contribution in [2.24, 2.45) is 10.9 Å². The van der Waals surface area contributed by atoms with E-state index in [0.717, 1.165) is 6.92 Å². The molecule has 4 aromatic carbocycles. The Morgan fingerprint density at radius 1 is 0.562 bits per heavy atom. The Hall–Kier alpha value is -13.3. The fourth-order valence-electron chi connectivity index (χ4n) is 13.2. The first-order valence-electron chi connectivity index (χ1n) is 44.6. The lowest BCUT2D eigenvalue weighted by atomic mass is 10.00. The van der Waals surface area contributed by atoms with E-state index in [0.29, 0.717) is 61.6 Å². The molecule has 1 saturated heterocycles. The van der Waals surface area contributed by atoms with Crippen LogP contribution in [0.25, 0.3) is 10.9 Å². The molecule has 748 valence electrons. The number of aliphatic imine (C=N–C) groups is 1. The van der Waals surface area contributed by atoms with Gasteiger partial charge in [-0.05, 0) is 196 Å². The first-order valence-corrected chi connectivity index (χ1v) is 46.0. The maximum absolute atomic E-state index is 15.5. The average Bonchev–Trinajstić information content (AvgIpc) is 1.03. The van der Waals surface area contributed by atoms with Crippen LogP contribution in [0.15, 0.2) is 113 Å². The van der Waals surface area contributed by atoms with Gasteiger partial charge in [0.15, 0.2) is 22.5 Å². The SMILES string of the molecule is COc1cc2nccc(Oc3ccc(N/C(=N/c4cc(C)on4)SCc4ccc(C(=O)N[C@H](C(=O)N[C@@H](CCNC(=O)OC(C)(C)C)C(=O)N[C@H]5CCNC(=O)[C@H]([C@@H](C)O)NC(=O)[C@H](CCNC(=O)OC(C)(C)C)NC(=O)[C@H](CCNC(=O)OC(C)(C)C)NC(=O)[C@H](CC(C)C)NC(=O)[C@@H](Cc6ccccc6)NC(=O)[C@H](CCNC(=O)OC(C)(C)C)NC5=O)[C@@H](C)O)cc4)c(Cl)c3)c2cc1OC. The van der Waals surface area contributed by atoms with Crippen molar-refractivity contribution in [2.45, 2.75) is 257 Å². The molecular weight excluding hydrogens is 1820 g/mol. The molecule has 1 aliphatic heterocycles. The number of amidine groups is 1. The Balaban J connectivity index is 1.22. The molecule has 137 heavy (non-hydrogen) atoms. The third-order valence-corrected chi connectivity index (χ3v) is 21.0. The van der Waals surface area contributed by atoms with Gasteiger partial charge < -0.3 is 128 Å². The molecule has 7 rings (SSSR count). The number of halogens is 1. The summed E-state index contributed by atoms with van der Waals surface area (Å²) < 4.78 is 44.3. The summed E-state index contributed by atoms with van der Waals surface area (Å²) in [5, 5.41) is 67.0. The summed E-state index contributed by atoms with van der Waals surface area (Å²) in [5.41, 5.74) is -1.89. The number of aliphatic hydroxyl groups is 2. The first-order chi connectivity index (χ1) is 64.3. The number of aromatic nitrogens is 2. The Bertz CT molecular complexity index is 5210. The number of aliphatic hydroxyl groups excluding tert-OH is 2. The third-order valence-electron chi connectivity index (χ3n) is 19.7. The van der Waals surface area contributed by atoms with E-state index in [1.165, 1.54) is 45.0 Å². The molecule has 3 heterocycles. The maximum atomic E-state index is 15.5. The number of methoxy groups -OCH3 is 2. The van der Waals surface area contributed by atoms with Crippen LogP contribution >= 0.6 is 23.4 Å². The average molecular weight is 1950 g/mol. The summed E-state index contributed by atoms with van der Waals surface area (Å²) in [6.45, 7) is 24.3. The monoisotopic (exact) mass is 1950 g/mol. The predicted octanol–water partition coefficient (Wildman–Crippen LogP) is 7.23. The molecule has 2 aromatic heterocycles. The van der Waals surface area contributed by atoms with E-state index >= 15 is 19.2 Å². The topological polar surface area (TPSA) is 576 Å². The van der Waals surface area contributed by atoms with Crippen LogP contribution in [0.3, 0.4) is 0 Å². The minimum absolute atomic E-state index is 0.00368. The van der Waals surface area contributed by atoms with Gasteiger partial charge in [0.2, 0.25) is 53.2 Å². The van der Waals surface area contributed by atoms with Crippen LogP contribution in [0.5, 0.6) is 23.0 Å². The molecule has 0 spiro atoms. The molecule has 6 aromatic rings. The zero-order valence-electron chi connectivity index (χ0n) is 80.4. The van der Waals surface area contributed by atoms with E-state index in [1.807, 2.05) is 0 Å². The number of aryl methyl sites for hydroxylation is 1. The highest BCUT2D eigenvalue weighted by molar-refractivity contribution is 8.13. The number of nitrogens with zero attached hydrogens (tertiary/aromatic N) is 3. The highest BCUT2D eigenvalue weighted by Gasteiger charge is 2.39. The highest BCUT2D eigenvalue weighted by atomic mass is 35.5.